The van der Waals surface area contributed by atoms with Gasteiger partial charge < -0.3 is 5.32 Å². The van der Waals surface area contributed by atoms with Crippen molar-refractivity contribution in [2.45, 2.75) is 20.8 Å². The molecule has 0 saturated carbocycles. The molecule has 0 bridgehead atoms. The first-order valence-corrected chi connectivity index (χ1v) is 10.6. The third-order valence-corrected chi connectivity index (χ3v) is 5.58. The highest BCUT2D eigenvalue weighted by Crippen LogP contribution is 2.27. The molecule has 0 radical (unpaired) electrons. The number of thiazole rings is 1. The Bertz CT molecular complexity index is 1260. The molecule has 4 rings (SSSR count). The summed E-state index contributed by atoms with van der Waals surface area (Å²) in [5.41, 5.74) is 5.65. The molecule has 156 valence electrons. The van der Waals surface area contributed by atoms with Crippen LogP contribution >= 0.6 is 11.3 Å². The number of benzene rings is 2. The second-order valence-electron chi connectivity index (χ2n) is 7.09. The number of para-hydroxylation sites is 1. The van der Waals surface area contributed by atoms with Crippen molar-refractivity contribution in [3.05, 3.63) is 76.9 Å². The Balaban J connectivity index is 1.50. The SMILES string of the molecule is CC(=O)Nc1ccc(-c2csc(NC(=O)c3cnn(-c4ccccc4C)c3C)n2)cc1. The van der Waals surface area contributed by atoms with E-state index in [-0.39, 0.29) is 11.8 Å². The number of hydrogen-bond acceptors (Lipinski definition) is 5. The van der Waals surface area contributed by atoms with E-state index < -0.39 is 0 Å². The van der Waals surface area contributed by atoms with Gasteiger partial charge in [-0.15, -0.1) is 11.3 Å². The van der Waals surface area contributed by atoms with Gasteiger partial charge in [0.2, 0.25) is 5.91 Å². The maximum atomic E-state index is 12.8. The Morgan fingerprint density at radius 2 is 1.74 bits per heavy atom. The van der Waals surface area contributed by atoms with E-state index in [1.165, 1.54) is 18.3 Å². The second-order valence-corrected chi connectivity index (χ2v) is 7.95. The minimum atomic E-state index is -0.251. The van der Waals surface area contributed by atoms with Gasteiger partial charge >= 0.3 is 0 Å². The summed E-state index contributed by atoms with van der Waals surface area (Å²) in [6.45, 7) is 5.35. The molecule has 0 aliphatic carbocycles. The van der Waals surface area contributed by atoms with Crippen molar-refractivity contribution < 1.29 is 9.59 Å². The van der Waals surface area contributed by atoms with Gasteiger partial charge in [0.05, 0.1) is 28.8 Å². The lowest BCUT2D eigenvalue weighted by molar-refractivity contribution is -0.114. The van der Waals surface area contributed by atoms with Crippen LogP contribution in [0.2, 0.25) is 0 Å². The normalized spacial score (nSPS) is 10.7. The molecule has 0 spiro atoms. The lowest BCUT2D eigenvalue weighted by Gasteiger charge is -2.08. The molecule has 2 aromatic heterocycles. The smallest absolute Gasteiger partial charge is 0.260 e. The molecule has 2 aromatic carbocycles. The van der Waals surface area contributed by atoms with Crippen molar-refractivity contribution in [1.29, 1.82) is 0 Å². The summed E-state index contributed by atoms with van der Waals surface area (Å²) in [7, 11) is 0. The average molecular weight is 432 g/mol. The Morgan fingerprint density at radius 3 is 2.45 bits per heavy atom. The first-order chi connectivity index (χ1) is 14.9. The fourth-order valence-corrected chi connectivity index (χ4v) is 3.95. The van der Waals surface area contributed by atoms with Crippen molar-refractivity contribution in [2.24, 2.45) is 0 Å². The molecule has 0 unspecified atom stereocenters. The average Bonchev–Trinajstić information content (AvgIpc) is 3.35. The van der Waals surface area contributed by atoms with E-state index in [9.17, 15) is 9.59 Å². The van der Waals surface area contributed by atoms with Crippen molar-refractivity contribution in [1.82, 2.24) is 14.8 Å². The molecule has 7 nitrogen and oxygen atoms in total. The molecule has 0 fully saturated rings. The van der Waals surface area contributed by atoms with Gasteiger partial charge in [-0.1, -0.05) is 30.3 Å². The highest BCUT2D eigenvalue weighted by atomic mass is 32.1. The van der Waals surface area contributed by atoms with Gasteiger partial charge in [-0.25, -0.2) is 9.67 Å². The summed E-state index contributed by atoms with van der Waals surface area (Å²) in [5.74, 6) is -0.369. The number of aryl methyl sites for hydroxylation is 1. The maximum absolute atomic E-state index is 12.8. The molecule has 0 saturated heterocycles. The van der Waals surface area contributed by atoms with Gasteiger partial charge in [0.25, 0.3) is 5.91 Å². The van der Waals surface area contributed by atoms with E-state index in [0.29, 0.717) is 10.7 Å². The number of carbonyl (C=O) groups is 2. The number of aromatic nitrogens is 3. The number of carbonyl (C=O) groups excluding carboxylic acids is 2. The zero-order valence-corrected chi connectivity index (χ0v) is 18.2. The summed E-state index contributed by atoms with van der Waals surface area (Å²) in [5, 5.41) is 12.4. The molecule has 31 heavy (non-hydrogen) atoms. The van der Waals surface area contributed by atoms with Crippen LogP contribution in [0, 0.1) is 13.8 Å². The molecule has 2 amide bonds. The minimum Gasteiger partial charge on any atom is -0.326 e. The van der Waals surface area contributed by atoms with Crippen LogP contribution in [0.3, 0.4) is 0 Å². The Kier molecular flexibility index (Phi) is 5.64. The summed E-state index contributed by atoms with van der Waals surface area (Å²) in [6.07, 6.45) is 1.58. The highest BCUT2D eigenvalue weighted by Gasteiger charge is 2.17. The molecular formula is C23H21N5O2S. The van der Waals surface area contributed by atoms with Gasteiger partial charge in [-0.3, -0.25) is 14.9 Å². The van der Waals surface area contributed by atoms with Gasteiger partial charge in [0.15, 0.2) is 5.13 Å². The predicted octanol–water partition coefficient (Wildman–Crippen LogP) is 4.82. The molecule has 0 aliphatic heterocycles. The van der Waals surface area contributed by atoms with E-state index in [2.05, 4.69) is 20.7 Å². The predicted molar refractivity (Wildman–Crippen MR) is 123 cm³/mol. The van der Waals surface area contributed by atoms with E-state index in [4.69, 9.17) is 0 Å². The van der Waals surface area contributed by atoms with Gasteiger partial charge in [-0.2, -0.15) is 5.10 Å². The largest absolute Gasteiger partial charge is 0.326 e. The van der Waals surface area contributed by atoms with Crippen LogP contribution in [0.1, 0.15) is 28.5 Å². The van der Waals surface area contributed by atoms with Crippen LogP contribution < -0.4 is 10.6 Å². The van der Waals surface area contributed by atoms with E-state index in [0.717, 1.165) is 33.9 Å². The summed E-state index contributed by atoms with van der Waals surface area (Å²) >= 11 is 1.35. The maximum Gasteiger partial charge on any atom is 0.260 e. The lowest BCUT2D eigenvalue weighted by Crippen LogP contribution is -2.13. The third-order valence-electron chi connectivity index (χ3n) is 4.82. The van der Waals surface area contributed by atoms with Crippen LogP contribution in [-0.2, 0) is 4.79 Å². The summed E-state index contributed by atoms with van der Waals surface area (Å²) in [6, 6.07) is 15.3. The number of amides is 2. The molecule has 8 heteroatoms. The van der Waals surface area contributed by atoms with Crippen LogP contribution in [0.25, 0.3) is 16.9 Å². The zero-order valence-electron chi connectivity index (χ0n) is 17.3. The van der Waals surface area contributed by atoms with E-state index >= 15 is 0 Å². The van der Waals surface area contributed by atoms with E-state index in [1.807, 2.05) is 67.8 Å². The van der Waals surface area contributed by atoms with Crippen molar-refractivity contribution in [3.8, 4) is 16.9 Å². The molecule has 2 N–H and O–H groups in total. The van der Waals surface area contributed by atoms with Gasteiger partial charge in [0.1, 0.15) is 0 Å². The van der Waals surface area contributed by atoms with Crippen molar-refractivity contribution >= 4 is 34.0 Å². The molecule has 0 atom stereocenters. The van der Waals surface area contributed by atoms with Crippen LogP contribution in [-0.4, -0.2) is 26.6 Å². The van der Waals surface area contributed by atoms with Crippen molar-refractivity contribution in [3.63, 3.8) is 0 Å². The fourth-order valence-electron chi connectivity index (χ4n) is 3.23. The lowest BCUT2D eigenvalue weighted by atomic mass is 10.1. The third kappa shape index (κ3) is 4.39. The summed E-state index contributed by atoms with van der Waals surface area (Å²) in [4.78, 5) is 28.5. The Labute approximate surface area is 183 Å². The van der Waals surface area contributed by atoms with Gasteiger partial charge in [-0.05, 0) is 37.6 Å². The number of rotatable bonds is 5. The first kappa shape index (κ1) is 20.5. The number of hydrogen-bond donors (Lipinski definition) is 2. The quantitative estimate of drug-likeness (QED) is 0.474. The second kappa shape index (κ2) is 8.53. The number of nitrogens with zero attached hydrogens (tertiary/aromatic N) is 3. The monoisotopic (exact) mass is 431 g/mol. The van der Waals surface area contributed by atoms with Crippen LogP contribution in [0.5, 0.6) is 0 Å². The molecular weight excluding hydrogens is 410 g/mol. The van der Waals surface area contributed by atoms with Crippen LogP contribution in [0.15, 0.2) is 60.1 Å². The molecule has 4 aromatic rings. The minimum absolute atomic E-state index is 0.118. The van der Waals surface area contributed by atoms with E-state index in [1.54, 1.807) is 10.9 Å². The molecule has 0 aliphatic rings. The Morgan fingerprint density at radius 1 is 1.00 bits per heavy atom. The standard InChI is InChI=1S/C23H21N5O2S/c1-14-6-4-5-7-21(14)28-15(2)19(12-24-28)22(30)27-23-26-20(13-31-23)17-8-10-18(11-9-17)25-16(3)29/h4-13H,1-3H3,(H,25,29)(H,26,27,30). The number of anilines is 2. The highest BCUT2D eigenvalue weighted by molar-refractivity contribution is 7.14. The summed E-state index contributed by atoms with van der Waals surface area (Å²) < 4.78 is 1.77. The zero-order chi connectivity index (χ0) is 22.0. The van der Waals surface area contributed by atoms with Gasteiger partial charge in [0, 0.05) is 23.6 Å². The first-order valence-electron chi connectivity index (χ1n) is 9.68. The number of nitrogens with one attached hydrogen (secondary N) is 2. The Hall–Kier alpha value is -3.78. The molecule has 2 heterocycles. The van der Waals surface area contributed by atoms with Crippen molar-refractivity contribution in [2.75, 3.05) is 10.6 Å². The topological polar surface area (TPSA) is 88.9 Å². The van der Waals surface area contributed by atoms with Crippen LogP contribution in [0.4, 0.5) is 10.8 Å². The fraction of sp³-hybridized carbons (Fsp3) is 0.130.